The third kappa shape index (κ3) is 0.843. The van der Waals surface area contributed by atoms with Crippen LogP contribution in [0.25, 0.3) is 0 Å². The Labute approximate surface area is 33.1 Å². The Hall–Kier alpha value is -0.213. The average molecular weight is 84.1 g/mol. The van der Waals surface area contributed by atoms with Gasteiger partial charge in [-0.3, -0.25) is 0 Å². The lowest BCUT2D eigenvalue weighted by molar-refractivity contribution is 0.686. The first-order chi connectivity index (χ1) is 2.00. The highest BCUT2D eigenvalue weighted by molar-refractivity contribution is 6.59. The summed E-state index contributed by atoms with van der Waals surface area (Å²) in [6.07, 6.45) is 2.09. The SMILES string of the molecule is C1=C[SiH]=C1.[O]. The van der Waals surface area contributed by atoms with Crippen LogP contribution in [-0.4, -0.2) is 14.8 Å². The van der Waals surface area contributed by atoms with E-state index < -0.39 is 0 Å². The van der Waals surface area contributed by atoms with Gasteiger partial charge < -0.3 is 0 Å². The van der Waals surface area contributed by atoms with Gasteiger partial charge in [0.05, 0.1) is 0 Å². The Morgan fingerprint density at radius 3 is 1.60 bits per heavy atom. The molecule has 0 fully saturated rings. The van der Waals surface area contributed by atoms with Crippen LogP contribution < -0.4 is 0 Å². The van der Waals surface area contributed by atoms with E-state index in [1.165, 1.54) is 0 Å². The Kier molecular flexibility index (Phi) is 1.96. The monoisotopic (exact) mass is 84.0 g/mol. The van der Waals surface area contributed by atoms with Crippen LogP contribution in [-0.2, 0) is 5.48 Å². The zero-order valence-corrected chi connectivity index (χ0v) is 3.87. The number of hydrogen-bond acceptors (Lipinski definition) is 0. The van der Waals surface area contributed by atoms with Crippen molar-refractivity contribution in [3.05, 3.63) is 11.8 Å². The molecule has 2 heteroatoms. The predicted octanol–water partition coefficient (Wildman–Crippen LogP) is -0.366. The molecule has 0 saturated heterocycles. The van der Waals surface area contributed by atoms with Gasteiger partial charge in [0.2, 0.25) is 0 Å². The highest BCUT2D eigenvalue weighted by atomic mass is 28.2. The molecule has 5 heavy (non-hydrogen) atoms. The van der Waals surface area contributed by atoms with Gasteiger partial charge in [-0.1, -0.05) is 17.4 Å². The number of allylic oxidation sites excluding steroid dienone is 1. The maximum absolute atomic E-state index is 2.21. The molecule has 0 amide bonds. The van der Waals surface area contributed by atoms with Crippen LogP contribution >= 0.6 is 0 Å². The van der Waals surface area contributed by atoms with Crippen molar-refractivity contribution >= 4 is 14.8 Å². The van der Waals surface area contributed by atoms with Crippen molar-refractivity contribution in [1.29, 1.82) is 0 Å². The minimum atomic E-state index is 0. The van der Waals surface area contributed by atoms with Crippen molar-refractivity contribution in [1.82, 2.24) is 0 Å². The first kappa shape index (κ1) is 4.79. The molecule has 26 valence electrons. The van der Waals surface area contributed by atoms with Crippen LogP contribution in [0.5, 0.6) is 0 Å². The maximum atomic E-state index is 2.21. The summed E-state index contributed by atoms with van der Waals surface area (Å²) in [5, 5.41) is 0. The van der Waals surface area contributed by atoms with Gasteiger partial charge in [-0.05, 0) is 0 Å². The molecule has 2 radical (unpaired) electrons. The van der Waals surface area contributed by atoms with Crippen LogP contribution in [0.3, 0.4) is 0 Å². The van der Waals surface area contributed by atoms with E-state index in [9.17, 15) is 0 Å². The lowest BCUT2D eigenvalue weighted by Crippen LogP contribution is -1.82. The van der Waals surface area contributed by atoms with Crippen LogP contribution in [0.15, 0.2) is 11.8 Å². The average Bonchev–Trinajstić information content (AvgIpc) is 0.722. The molecule has 0 unspecified atom stereocenters. The fraction of sp³-hybridized carbons (Fsp3) is 0. The summed E-state index contributed by atoms with van der Waals surface area (Å²) in [5.41, 5.74) is 4.42. The fourth-order valence-corrected chi connectivity index (χ4v) is 0.333. The van der Waals surface area contributed by atoms with E-state index in [2.05, 4.69) is 17.4 Å². The third-order valence-electron chi connectivity index (χ3n) is 0.444. The van der Waals surface area contributed by atoms with Crippen molar-refractivity contribution in [2.24, 2.45) is 0 Å². The fourth-order valence-electron chi connectivity index (χ4n) is 0.111. The summed E-state index contributed by atoms with van der Waals surface area (Å²) in [6, 6.07) is 0. The van der Waals surface area contributed by atoms with E-state index in [-0.39, 0.29) is 5.48 Å². The normalized spacial score (nSPS) is 12.8. The molecule has 0 bridgehead atoms. The lowest BCUT2D eigenvalue weighted by Gasteiger charge is -1.76. The molecule has 0 aliphatic carbocycles. The summed E-state index contributed by atoms with van der Waals surface area (Å²) >= 11 is 0. The van der Waals surface area contributed by atoms with Crippen LogP contribution in [0.1, 0.15) is 0 Å². The first-order valence-electron chi connectivity index (χ1n) is 1.33. The molecule has 1 aliphatic rings. The standard InChI is InChI=1S/C3H4Si.O/c1-2-4-3-1;/h1-4H;. The number of hydrogen-bond donors (Lipinski definition) is 0. The third-order valence-corrected chi connectivity index (χ3v) is 1.33. The molecule has 0 aromatic heterocycles. The minimum absolute atomic E-state index is 0. The lowest BCUT2D eigenvalue weighted by atomic mass is 10.7. The van der Waals surface area contributed by atoms with Crippen molar-refractivity contribution < 1.29 is 5.48 Å². The molecule has 0 aromatic carbocycles. The van der Waals surface area contributed by atoms with Gasteiger partial charge >= 0.3 is 0 Å². The second kappa shape index (κ2) is 2.05. The minimum Gasteiger partial charge on any atom is -0.0809 e. The van der Waals surface area contributed by atoms with Crippen molar-refractivity contribution in [2.75, 3.05) is 0 Å². The van der Waals surface area contributed by atoms with Crippen LogP contribution in [0.4, 0.5) is 0 Å². The smallest absolute Gasteiger partial charge is 0.0197 e. The molecular weight excluding hydrogens is 80.1 g/mol. The second-order valence-corrected chi connectivity index (χ2v) is 1.92. The zero-order valence-electron chi connectivity index (χ0n) is 2.72. The maximum Gasteiger partial charge on any atom is 0.0197 e. The molecule has 0 saturated carbocycles. The molecule has 1 heterocycles. The van der Waals surface area contributed by atoms with E-state index >= 15 is 0 Å². The highest BCUT2D eigenvalue weighted by Crippen LogP contribution is 1.65. The van der Waals surface area contributed by atoms with Gasteiger partial charge in [-0.25, -0.2) is 0 Å². The molecule has 0 spiro atoms. The van der Waals surface area contributed by atoms with Gasteiger partial charge in [-0.15, -0.1) is 0 Å². The van der Waals surface area contributed by atoms with E-state index in [0.29, 0.717) is 9.13 Å². The highest BCUT2D eigenvalue weighted by Gasteiger charge is 1.66. The van der Waals surface area contributed by atoms with Crippen molar-refractivity contribution in [3.63, 3.8) is 0 Å². The van der Waals surface area contributed by atoms with Crippen molar-refractivity contribution in [2.45, 2.75) is 0 Å². The largest absolute Gasteiger partial charge is 0.0809 e. The van der Waals surface area contributed by atoms with E-state index in [1.54, 1.807) is 0 Å². The molecule has 1 nitrogen and oxygen atoms in total. The summed E-state index contributed by atoms with van der Waals surface area (Å²) in [6.45, 7) is 0. The van der Waals surface area contributed by atoms with E-state index in [0.717, 1.165) is 0 Å². The Bertz CT molecular complexity index is 47.3. The first-order valence-corrected chi connectivity index (χ1v) is 2.67. The Morgan fingerprint density at radius 1 is 1.40 bits per heavy atom. The molecule has 0 atom stereocenters. The van der Waals surface area contributed by atoms with Crippen molar-refractivity contribution in [3.8, 4) is 0 Å². The molecule has 0 N–H and O–H groups in total. The van der Waals surface area contributed by atoms with Gasteiger partial charge in [0.1, 0.15) is 0 Å². The Morgan fingerprint density at radius 2 is 1.60 bits per heavy atom. The van der Waals surface area contributed by atoms with Crippen LogP contribution in [0, 0.1) is 0 Å². The number of rotatable bonds is 0. The quantitative estimate of drug-likeness (QED) is 0.358. The Balaban J connectivity index is 0.000000160. The molecule has 1 rings (SSSR count). The summed E-state index contributed by atoms with van der Waals surface area (Å²) in [5.74, 6) is 0. The molecular formula is C3H4OSi. The molecule has 1 aliphatic heterocycles. The topological polar surface area (TPSA) is 28.5 Å². The molecule has 0 aromatic rings. The van der Waals surface area contributed by atoms with Gasteiger partial charge in [0.15, 0.2) is 0 Å². The van der Waals surface area contributed by atoms with E-state index in [1.807, 2.05) is 0 Å². The van der Waals surface area contributed by atoms with Gasteiger partial charge in [0, 0.05) is 14.6 Å². The summed E-state index contributed by atoms with van der Waals surface area (Å²) in [4.78, 5) is 0. The van der Waals surface area contributed by atoms with E-state index in [4.69, 9.17) is 0 Å². The zero-order chi connectivity index (χ0) is 2.83. The second-order valence-electron chi connectivity index (χ2n) is 0.770. The van der Waals surface area contributed by atoms with Crippen LogP contribution in [0.2, 0.25) is 0 Å². The predicted molar refractivity (Wildman–Crippen MR) is 23.0 cm³/mol. The van der Waals surface area contributed by atoms with Gasteiger partial charge in [-0.2, -0.15) is 0 Å². The summed E-state index contributed by atoms with van der Waals surface area (Å²) < 4.78 is 0. The summed E-state index contributed by atoms with van der Waals surface area (Å²) in [7, 11) is 0.657. The van der Waals surface area contributed by atoms with Gasteiger partial charge in [0.25, 0.3) is 0 Å².